The molecule has 0 saturated carbocycles. The lowest BCUT2D eigenvalue weighted by molar-refractivity contribution is -0.115. The van der Waals surface area contributed by atoms with Crippen molar-refractivity contribution in [2.24, 2.45) is 0 Å². The fourth-order valence-electron chi connectivity index (χ4n) is 2.89. The van der Waals surface area contributed by atoms with Crippen LogP contribution in [0, 0.1) is 13.8 Å². The molecule has 130 valence electrons. The Morgan fingerprint density at radius 3 is 2.73 bits per heavy atom. The number of amides is 1. The number of anilines is 1. The van der Waals surface area contributed by atoms with E-state index < -0.39 is 0 Å². The van der Waals surface area contributed by atoms with Gasteiger partial charge < -0.3 is 9.84 Å². The molecule has 2 aromatic carbocycles. The maximum Gasteiger partial charge on any atom is 0.230 e. The van der Waals surface area contributed by atoms with Crippen LogP contribution < -0.4 is 5.32 Å². The monoisotopic (exact) mass is 363 g/mol. The van der Waals surface area contributed by atoms with E-state index in [1.165, 1.54) is 22.1 Å². The van der Waals surface area contributed by atoms with Crippen molar-refractivity contribution in [3.05, 3.63) is 64.9 Å². The van der Waals surface area contributed by atoms with Crippen molar-refractivity contribution in [1.82, 2.24) is 10.1 Å². The van der Waals surface area contributed by atoms with Crippen LogP contribution in [-0.4, -0.2) is 16.0 Å². The van der Waals surface area contributed by atoms with Gasteiger partial charge in [-0.15, -0.1) is 11.3 Å². The van der Waals surface area contributed by atoms with Gasteiger partial charge in [0.2, 0.25) is 5.91 Å². The molecule has 0 saturated heterocycles. The summed E-state index contributed by atoms with van der Waals surface area (Å²) in [5.74, 6) is 0.549. The Hall–Kier alpha value is -2.99. The highest BCUT2D eigenvalue weighted by Gasteiger charge is 2.15. The summed E-state index contributed by atoms with van der Waals surface area (Å²) >= 11 is 1.42. The summed E-state index contributed by atoms with van der Waals surface area (Å²) in [4.78, 5) is 16.8. The topological polar surface area (TPSA) is 68.0 Å². The van der Waals surface area contributed by atoms with Crippen LogP contribution in [0.5, 0.6) is 0 Å². The second-order valence-electron chi connectivity index (χ2n) is 6.13. The van der Waals surface area contributed by atoms with Crippen molar-refractivity contribution < 1.29 is 9.32 Å². The Labute approximate surface area is 154 Å². The van der Waals surface area contributed by atoms with E-state index in [2.05, 4.69) is 39.7 Å². The molecule has 0 aliphatic carbocycles. The van der Waals surface area contributed by atoms with E-state index in [0.717, 1.165) is 22.5 Å². The zero-order valence-electron chi connectivity index (χ0n) is 14.4. The average Bonchev–Trinajstić information content (AvgIpc) is 3.23. The quantitative estimate of drug-likeness (QED) is 0.568. The van der Waals surface area contributed by atoms with E-state index in [9.17, 15) is 4.79 Å². The predicted octanol–water partition coefficient (Wildman–Crippen LogP) is 4.75. The van der Waals surface area contributed by atoms with Crippen molar-refractivity contribution in [2.75, 3.05) is 5.32 Å². The third-order valence-corrected chi connectivity index (χ3v) is 5.07. The average molecular weight is 363 g/mol. The lowest BCUT2D eigenvalue weighted by Crippen LogP contribution is -2.15. The molecule has 0 radical (unpaired) electrons. The van der Waals surface area contributed by atoms with Gasteiger partial charge in [-0.05, 0) is 30.7 Å². The molecule has 2 heterocycles. The van der Waals surface area contributed by atoms with Crippen LogP contribution in [0.25, 0.3) is 22.0 Å². The fraction of sp³-hybridized carbons (Fsp3) is 0.150. The lowest BCUT2D eigenvalue weighted by Gasteiger charge is -2.02. The van der Waals surface area contributed by atoms with Crippen LogP contribution in [0.1, 0.15) is 17.0 Å². The van der Waals surface area contributed by atoms with Gasteiger partial charge >= 0.3 is 0 Å². The summed E-state index contributed by atoms with van der Waals surface area (Å²) in [7, 11) is 0. The van der Waals surface area contributed by atoms with Gasteiger partial charge in [-0.3, -0.25) is 4.79 Å². The molecule has 4 rings (SSSR count). The van der Waals surface area contributed by atoms with Crippen molar-refractivity contribution >= 4 is 33.1 Å². The van der Waals surface area contributed by atoms with Crippen LogP contribution in [-0.2, 0) is 11.2 Å². The summed E-state index contributed by atoms with van der Waals surface area (Å²) < 4.78 is 5.10. The van der Waals surface area contributed by atoms with Crippen LogP contribution in [0.3, 0.4) is 0 Å². The van der Waals surface area contributed by atoms with Crippen LogP contribution in [0.4, 0.5) is 5.13 Å². The number of nitrogens with zero attached hydrogens (tertiary/aromatic N) is 2. The highest BCUT2D eigenvalue weighted by molar-refractivity contribution is 7.14. The van der Waals surface area contributed by atoms with E-state index >= 15 is 0 Å². The zero-order chi connectivity index (χ0) is 18.1. The second kappa shape index (κ2) is 6.72. The Morgan fingerprint density at radius 1 is 1.15 bits per heavy atom. The molecule has 0 aliphatic rings. The molecule has 0 aliphatic heterocycles. The number of aromatic nitrogens is 2. The van der Waals surface area contributed by atoms with Gasteiger partial charge in [-0.1, -0.05) is 41.6 Å². The number of aryl methyl sites for hydroxylation is 2. The molecule has 6 heteroatoms. The van der Waals surface area contributed by atoms with Crippen molar-refractivity contribution in [3.8, 4) is 11.3 Å². The predicted molar refractivity (Wildman–Crippen MR) is 103 cm³/mol. The number of hydrogen-bond acceptors (Lipinski definition) is 5. The highest BCUT2D eigenvalue weighted by atomic mass is 32.1. The van der Waals surface area contributed by atoms with Crippen LogP contribution in [0.2, 0.25) is 0 Å². The summed E-state index contributed by atoms with van der Waals surface area (Å²) in [6.07, 6.45) is 0.228. The standard InChI is InChI=1S/C20H17N3O2S/c1-12-17(13(2)25-23-12)10-19(24)22-20-21-18(11-26-20)16-8-7-14-5-3-4-6-15(14)9-16/h3-9,11H,10H2,1-2H3,(H,21,22,24). The van der Waals surface area contributed by atoms with E-state index in [1.807, 2.05) is 37.4 Å². The first-order valence-corrected chi connectivity index (χ1v) is 9.14. The van der Waals surface area contributed by atoms with E-state index in [1.54, 1.807) is 0 Å². The summed E-state index contributed by atoms with van der Waals surface area (Å²) in [5.41, 5.74) is 3.46. The molecule has 1 N–H and O–H groups in total. The molecule has 0 spiro atoms. The third kappa shape index (κ3) is 3.23. The lowest BCUT2D eigenvalue weighted by atomic mass is 10.1. The van der Waals surface area contributed by atoms with Crippen LogP contribution in [0.15, 0.2) is 52.4 Å². The number of thiazole rings is 1. The van der Waals surface area contributed by atoms with E-state index in [-0.39, 0.29) is 12.3 Å². The number of benzene rings is 2. The van der Waals surface area contributed by atoms with Crippen molar-refractivity contribution in [2.45, 2.75) is 20.3 Å². The van der Waals surface area contributed by atoms with Gasteiger partial charge in [0.05, 0.1) is 17.8 Å². The first kappa shape index (κ1) is 16.5. The van der Waals surface area contributed by atoms with Gasteiger partial charge in [-0.25, -0.2) is 4.98 Å². The van der Waals surface area contributed by atoms with Crippen LogP contribution >= 0.6 is 11.3 Å². The van der Waals surface area contributed by atoms with Crippen molar-refractivity contribution in [3.63, 3.8) is 0 Å². The minimum Gasteiger partial charge on any atom is -0.361 e. The second-order valence-corrected chi connectivity index (χ2v) is 6.99. The van der Waals surface area contributed by atoms with Gasteiger partial charge in [-0.2, -0.15) is 0 Å². The molecule has 5 nitrogen and oxygen atoms in total. The number of fused-ring (bicyclic) bond motifs is 1. The number of carbonyl (C=O) groups excluding carboxylic acids is 1. The molecule has 0 fully saturated rings. The number of nitrogens with one attached hydrogen (secondary N) is 1. The van der Waals surface area contributed by atoms with Gasteiger partial charge in [0.1, 0.15) is 5.76 Å². The maximum atomic E-state index is 12.3. The SMILES string of the molecule is Cc1noc(C)c1CC(=O)Nc1nc(-c2ccc3ccccc3c2)cs1. The molecule has 2 aromatic heterocycles. The summed E-state index contributed by atoms with van der Waals surface area (Å²) in [6, 6.07) is 14.5. The first-order valence-electron chi connectivity index (χ1n) is 8.26. The van der Waals surface area contributed by atoms with Crippen molar-refractivity contribution in [1.29, 1.82) is 0 Å². The van der Waals surface area contributed by atoms with Gasteiger partial charge in [0.25, 0.3) is 0 Å². The third-order valence-electron chi connectivity index (χ3n) is 4.31. The molecule has 1 amide bonds. The minimum atomic E-state index is -0.126. The molecule has 4 aromatic rings. The van der Waals surface area contributed by atoms with Gasteiger partial charge in [0, 0.05) is 16.5 Å². The maximum absolute atomic E-state index is 12.3. The first-order chi connectivity index (χ1) is 12.6. The smallest absolute Gasteiger partial charge is 0.230 e. The largest absolute Gasteiger partial charge is 0.361 e. The van der Waals surface area contributed by atoms with E-state index in [0.29, 0.717) is 10.9 Å². The Bertz CT molecular complexity index is 1080. The molecule has 0 atom stereocenters. The number of rotatable bonds is 4. The summed E-state index contributed by atoms with van der Waals surface area (Å²) in [5, 5.41) is 11.6. The Balaban J connectivity index is 1.51. The summed E-state index contributed by atoms with van der Waals surface area (Å²) in [6.45, 7) is 3.64. The zero-order valence-corrected chi connectivity index (χ0v) is 15.3. The molecule has 0 unspecified atom stereocenters. The Morgan fingerprint density at radius 2 is 1.96 bits per heavy atom. The normalized spacial score (nSPS) is 11.0. The number of carbonyl (C=O) groups is 1. The fourth-order valence-corrected chi connectivity index (χ4v) is 3.63. The minimum absolute atomic E-state index is 0.126. The molecule has 0 bridgehead atoms. The molecular formula is C20H17N3O2S. The highest BCUT2D eigenvalue weighted by Crippen LogP contribution is 2.28. The molecular weight excluding hydrogens is 346 g/mol. The van der Waals surface area contributed by atoms with E-state index in [4.69, 9.17) is 4.52 Å². The number of hydrogen-bond donors (Lipinski definition) is 1. The molecule has 26 heavy (non-hydrogen) atoms. The Kier molecular flexibility index (Phi) is 4.26. The van der Waals surface area contributed by atoms with Gasteiger partial charge in [0.15, 0.2) is 5.13 Å².